The van der Waals surface area contributed by atoms with E-state index >= 15 is 0 Å². The van der Waals surface area contributed by atoms with Crippen molar-refractivity contribution in [2.45, 2.75) is 32.5 Å². The van der Waals surface area contributed by atoms with Crippen LogP contribution in [-0.4, -0.2) is 34.9 Å². The average molecular weight is 364 g/mol. The average Bonchev–Trinajstić information content (AvgIpc) is 2.91. The van der Waals surface area contributed by atoms with Crippen molar-refractivity contribution in [2.24, 2.45) is 7.05 Å². The summed E-state index contributed by atoms with van der Waals surface area (Å²) in [6, 6.07) is 7.01. The first-order valence-corrected chi connectivity index (χ1v) is 8.73. The van der Waals surface area contributed by atoms with E-state index in [0.29, 0.717) is 30.3 Å². The molecule has 7 heteroatoms. The highest BCUT2D eigenvalue weighted by Gasteiger charge is 2.20. The zero-order valence-corrected chi connectivity index (χ0v) is 15.2. The molecule has 1 aromatic carbocycles. The number of ether oxygens (including phenoxy) is 2. The van der Waals surface area contributed by atoms with Crippen LogP contribution in [0.1, 0.15) is 23.9 Å². The summed E-state index contributed by atoms with van der Waals surface area (Å²) in [5.74, 6) is 0.409. The Bertz CT molecular complexity index is 760. The third kappa shape index (κ3) is 4.32. The first kappa shape index (κ1) is 17.8. The molecule has 1 aromatic heterocycles. The van der Waals surface area contributed by atoms with Crippen LogP contribution in [0.2, 0.25) is 5.02 Å². The summed E-state index contributed by atoms with van der Waals surface area (Å²) in [6.45, 7) is 3.56. The van der Waals surface area contributed by atoms with Gasteiger partial charge < -0.3 is 14.8 Å². The summed E-state index contributed by atoms with van der Waals surface area (Å²) < 4.78 is 13.1. The van der Waals surface area contributed by atoms with Crippen LogP contribution in [0.15, 0.2) is 24.3 Å². The molecule has 1 amide bonds. The maximum atomic E-state index is 12.2. The molecule has 25 heavy (non-hydrogen) atoms. The van der Waals surface area contributed by atoms with Crippen molar-refractivity contribution in [2.75, 3.05) is 13.2 Å². The van der Waals surface area contributed by atoms with Crippen LogP contribution in [0.5, 0.6) is 5.75 Å². The van der Waals surface area contributed by atoms with Gasteiger partial charge in [0.1, 0.15) is 5.75 Å². The van der Waals surface area contributed by atoms with Gasteiger partial charge in [-0.05, 0) is 25.1 Å². The summed E-state index contributed by atoms with van der Waals surface area (Å²) in [7, 11) is 1.95. The van der Waals surface area contributed by atoms with Crippen LogP contribution in [-0.2, 0) is 36.0 Å². The number of aromatic nitrogens is 2. The standard InChI is InChI=1S/C18H22ClN3O3/c1-12(25-14-5-3-4-13(19)10-14)18(23)20-8-6-16-15-11-24-9-7-17(15)22(2)21-16/h3-5,10,12H,6-9,11H2,1-2H3,(H,20,23). The molecule has 2 aromatic rings. The Kier molecular flexibility index (Phi) is 5.60. The van der Waals surface area contributed by atoms with E-state index in [4.69, 9.17) is 21.1 Å². The highest BCUT2D eigenvalue weighted by Crippen LogP contribution is 2.20. The van der Waals surface area contributed by atoms with E-state index in [9.17, 15) is 4.79 Å². The molecule has 3 rings (SSSR count). The fourth-order valence-corrected chi connectivity index (χ4v) is 3.11. The van der Waals surface area contributed by atoms with Gasteiger partial charge in [-0.25, -0.2) is 0 Å². The molecule has 2 heterocycles. The number of hydrogen-bond acceptors (Lipinski definition) is 4. The number of carbonyl (C=O) groups excluding carboxylic acids is 1. The number of carbonyl (C=O) groups is 1. The van der Waals surface area contributed by atoms with Gasteiger partial charge in [-0.1, -0.05) is 17.7 Å². The smallest absolute Gasteiger partial charge is 0.260 e. The Balaban J connectivity index is 1.51. The molecular formula is C18H22ClN3O3. The van der Waals surface area contributed by atoms with Gasteiger partial charge in [0, 0.05) is 42.7 Å². The number of hydrogen-bond donors (Lipinski definition) is 1. The van der Waals surface area contributed by atoms with Gasteiger partial charge in [-0.15, -0.1) is 0 Å². The lowest BCUT2D eigenvalue weighted by molar-refractivity contribution is -0.127. The van der Waals surface area contributed by atoms with E-state index in [1.807, 2.05) is 11.7 Å². The van der Waals surface area contributed by atoms with Crippen molar-refractivity contribution in [3.63, 3.8) is 0 Å². The van der Waals surface area contributed by atoms with E-state index in [1.165, 1.54) is 5.69 Å². The summed E-state index contributed by atoms with van der Waals surface area (Å²) in [5, 5.41) is 8.02. The summed E-state index contributed by atoms with van der Waals surface area (Å²) in [6.07, 6.45) is 0.956. The SMILES string of the molecule is CC(Oc1cccc(Cl)c1)C(=O)NCCc1nn(C)c2c1COCC2. The second-order valence-electron chi connectivity index (χ2n) is 6.06. The highest BCUT2D eigenvalue weighted by atomic mass is 35.5. The highest BCUT2D eigenvalue weighted by molar-refractivity contribution is 6.30. The number of aryl methyl sites for hydroxylation is 1. The van der Waals surface area contributed by atoms with Gasteiger partial charge in [0.25, 0.3) is 5.91 Å². The fourth-order valence-electron chi connectivity index (χ4n) is 2.93. The van der Waals surface area contributed by atoms with E-state index in [-0.39, 0.29) is 5.91 Å². The Hall–Kier alpha value is -2.05. The van der Waals surface area contributed by atoms with Crippen molar-refractivity contribution in [1.29, 1.82) is 0 Å². The molecule has 1 aliphatic heterocycles. The van der Waals surface area contributed by atoms with Crippen LogP contribution >= 0.6 is 11.6 Å². The molecule has 1 N–H and O–H groups in total. The lowest BCUT2D eigenvalue weighted by Crippen LogP contribution is -2.37. The molecule has 0 bridgehead atoms. The normalized spacial score (nSPS) is 14.7. The van der Waals surface area contributed by atoms with Gasteiger partial charge in [0.2, 0.25) is 0 Å². The van der Waals surface area contributed by atoms with Gasteiger partial charge in [0.15, 0.2) is 6.10 Å². The maximum Gasteiger partial charge on any atom is 0.260 e. The molecular weight excluding hydrogens is 342 g/mol. The lowest BCUT2D eigenvalue weighted by atomic mass is 10.1. The molecule has 0 saturated carbocycles. The summed E-state index contributed by atoms with van der Waals surface area (Å²) >= 11 is 5.92. The predicted molar refractivity (Wildman–Crippen MR) is 94.8 cm³/mol. The largest absolute Gasteiger partial charge is 0.481 e. The zero-order chi connectivity index (χ0) is 17.8. The molecule has 0 fully saturated rings. The summed E-state index contributed by atoms with van der Waals surface area (Å²) in [4.78, 5) is 12.2. The van der Waals surface area contributed by atoms with Crippen molar-refractivity contribution in [3.05, 3.63) is 46.2 Å². The van der Waals surface area contributed by atoms with E-state index in [0.717, 1.165) is 24.3 Å². The lowest BCUT2D eigenvalue weighted by Gasteiger charge is -2.15. The molecule has 1 unspecified atom stereocenters. The minimum absolute atomic E-state index is 0.166. The van der Waals surface area contributed by atoms with Crippen molar-refractivity contribution < 1.29 is 14.3 Å². The second-order valence-corrected chi connectivity index (χ2v) is 6.49. The minimum Gasteiger partial charge on any atom is -0.481 e. The molecule has 0 spiro atoms. The van der Waals surface area contributed by atoms with Crippen molar-refractivity contribution in [1.82, 2.24) is 15.1 Å². The topological polar surface area (TPSA) is 65.4 Å². The molecule has 1 atom stereocenters. The second kappa shape index (κ2) is 7.89. The third-order valence-electron chi connectivity index (χ3n) is 4.23. The number of fused-ring (bicyclic) bond motifs is 1. The molecule has 0 saturated heterocycles. The van der Waals surface area contributed by atoms with Gasteiger partial charge >= 0.3 is 0 Å². The van der Waals surface area contributed by atoms with Gasteiger partial charge in [0.05, 0.1) is 18.9 Å². The molecule has 1 aliphatic rings. The van der Waals surface area contributed by atoms with Crippen molar-refractivity contribution in [3.8, 4) is 5.75 Å². The van der Waals surface area contributed by atoms with E-state index < -0.39 is 6.10 Å². The monoisotopic (exact) mass is 363 g/mol. The zero-order valence-electron chi connectivity index (χ0n) is 14.4. The van der Waals surface area contributed by atoms with Crippen LogP contribution < -0.4 is 10.1 Å². The van der Waals surface area contributed by atoms with Gasteiger partial charge in [-0.2, -0.15) is 5.10 Å². The van der Waals surface area contributed by atoms with Crippen LogP contribution in [0.25, 0.3) is 0 Å². The fraction of sp³-hybridized carbons (Fsp3) is 0.444. The van der Waals surface area contributed by atoms with Crippen LogP contribution in [0.3, 0.4) is 0 Å². The number of rotatable bonds is 6. The van der Waals surface area contributed by atoms with Crippen molar-refractivity contribution >= 4 is 17.5 Å². The first-order chi connectivity index (χ1) is 12.0. The van der Waals surface area contributed by atoms with E-state index in [1.54, 1.807) is 31.2 Å². The molecule has 134 valence electrons. The predicted octanol–water partition coefficient (Wildman–Crippen LogP) is 2.27. The number of benzene rings is 1. The maximum absolute atomic E-state index is 12.2. The Morgan fingerprint density at radius 3 is 3.16 bits per heavy atom. The minimum atomic E-state index is -0.598. The van der Waals surface area contributed by atoms with Crippen LogP contribution in [0.4, 0.5) is 0 Å². The van der Waals surface area contributed by atoms with Crippen LogP contribution in [0, 0.1) is 0 Å². The number of amides is 1. The number of nitrogens with one attached hydrogen (secondary N) is 1. The third-order valence-corrected chi connectivity index (χ3v) is 4.46. The number of halogens is 1. The summed E-state index contributed by atoms with van der Waals surface area (Å²) in [5.41, 5.74) is 3.37. The Labute approximate surface area is 152 Å². The first-order valence-electron chi connectivity index (χ1n) is 8.36. The Morgan fingerprint density at radius 2 is 2.36 bits per heavy atom. The molecule has 6 nitrogen and oxygen atoms in total. The molecule has 0 radical (unpaired) electrons. The van der Waals surface area contributed by atoms with Gasteiger partial charge in [-0.3, -0.25) is 9.48 Å². The van der Waals surface area contributed by atoms with E-state index in [2.05, 4.69) is 10.4 Å². The Morgan fingerprint density at radius 1 is 1.52 bits per heavy atom. The molecule has 0 aliphatic carbocycles. The quantitative estimate of drug-likeness (QED) is 0.855. The number of nitrogens with zero attached hydrogens (tertiary/aromatic N) is 2.